The van der Waals surface area contributed by atoms with Crippen molar-refractivity contribution in [2.24, 2.45) is 0 Å². The Morgan fingerprint density at radius 3 is 2.69 bits per heavy atom. The zero-order valence-corrected chi connectivity index (χ0v) is 14.1. The molecule has 1 aromatic carbocycles. The number of aromatic hydroxyl groups is 1. The van der Waals surface area contributed by atoms with Gasteiger partial charge in [-0.1, -0.05) is 12.1 Å². The van der Waals surface area contributed by atoms with Crippen molar-refractivity contribution in [2.45, 2.75) is 19.6 Å². The van der Waals surface area contributed by atoms with Crippen LogP contribution in [0.25, 0.3) is 10.2 Å². The maximum Gasteiger partial charge on any atom is 0.425 e. The van der Waals surface area contributed by atoms with Crippen LogP contribution in [0.2, 0.25) is 0 Å². The van der Waals surface area contributed by atoms with Gasteiger partial charge < -0.3 is 10.4 Å². The lowest BCUT2D eigenvalue weighted by Crippen LogP contribution is -2.24. The SMILES string of the molecule is Cc1c(C(=O)NCc2cccc(F)c2)c(O)nc2cc(C(F)(F)F)sc12. The van der Waals surface area contributed by atoms with Gasteiger partial charge in [-0.25, -0.2) is 9.37 Å². The van der Waals surface area contributed by atoms with Gasteiger partial charge in [0.05, 0.1) is 10.2 Å². The molecule has 0 bridgehead atoms. The molecule has 136 valence electrons. The maximum absolute atomic E-state index is 13.2. The van der Waals surface area contributed by atoms with E-state index in [4.69, 9.17) is 0 Å². The Morgan fingerprint density at radius 1 is 1.31 bits per heavy atom. The number of benzene rings is 1. The van der Waals surface area contributed by atoms with E-state index in [1.54, 1.807) is 6.07 Å². The van der Waals surface area contributed by atoms with E-state index in [1.165, 1.54) is 25.1 Å². The van der Waals surface area contributed by atoms with Gasteiger partial charge in [-0.3, -0.25) is 4.79 Å². The van der Waals surface area contributed by atoms with Crippen molar-refractivity contribution in [2.75, 3.05) is 0 Å². The number of nitrogens with one attached hydrogen (secondary N) is 1. The van der Waals surface area contributed by atoms with Gasteiger partial charge in [-0.2, -0.15) is 13.2 Å². The van der Waals surface area contributed by atoms with E-state index >= 15 is 0 Å². The largest absolute Gasteiger partial charge is 0.493 e. The van der Waals surface area contributed by atoms with E-state index in [9.17, 15) is 27.5 Å². The van der Waals surface area contributed by atoms with Crippen molar-refractivity contribution in [3.05, 3.63) is 57.7 Å². The number of carbonyl (C=O) groups is 1. The highest BCUT2D eigenvalue weighted by Gasteiger charge is 2.34. The Balaban J connectivity index is 1.92. The third kappa shape index (κ3) is 3.48. The molecule has 0 fully saturated rings. The summed E-state index contributed by atoms with van der Waals surface area (Å²) in [7, 11) is 0. The lowest BCUT2D eigenvalue weighted by Gasteiger charge is -2.10. The lowest BCUT2D eigenvalue weighted by molar-refractivity contribution is -0.134. The third-order valence-corrected chi connectivity index (χ3v) is 5.02. The van der Waals surface area contributed by atoms with Crippen LogP contribution < -0.4 is 5.32 Å². The molecule has 0 saturated carbocycles. The van der Waals surface area contributed by atoms with Crippen LogP contribution in [0.3, 0.4) is 0 Å². The minimum atomic E-state index is -4.53. The van der Waals surface area contributed by atoms with E-state index < -0.39 is 28.7 Å². The van der Waals surface area contributed by atoms with Crippen LogP contribution in [0.4, 0.5) is 17.6 Å². The number of hydrogen-bond acceptors (Lipinski definition) is 4. The molecule has 0 atom stereocenters. The van der Waals surface area contributed by atoms with Crippen molar-refractivity contribution in [1.82, 2.24) is 10.3 Å². The minimum Gasteiger partial charge on any atom is -0.493 e. The molecule has 9 heteroatoms. The average molecular weight is 384 g/mol. The van der Waals surface area contributed by atoms with E-state index in [2.05, 4.69) is 10.3 Å². The van der Waals surface area contributed by atoms with Gasteiger partial charge in [0, 0.05) is 6.54 Å². The van der Waals surface area contributed by atoms with Crippen LogP contribution >= 0.6 is 11.3 Å². The Morgan fingerprint density at radius 2 is 2.04 bits per heavy atom. The van der Waals surface area contributed by atoms with Gasteiger partial charge >= 0.3 is 6.18 Å². The molecule has 3 rings (SSSR count). The summed E-state index contributed by atoms with van der Waals surface area (Å²) < 4.78 is 51.9. The van der Waals surface area contributed by atoms with Crippen LogP contribution in [-0.4, -0.2) is 16.0 Å². The summed E-state index contributed by atoms with van der Waals surface area (Å²) in [6.07, 6.45) is -4.53. The maximum atomic E-state index is 13.2. The Bertz CT molecular complexity index is 998. The Kier molecular flexibility index (Phi) is 4.57. The minimum absolute atomic E-state index is 0.00818. The van der Waals surface area contributed by atoms with E-state index in [0.29, 0.717) is 16.9 Å². The summed E-state index contributed by atoms with van der Waals surface area (Å²) in [4.78, 5) is 15.2. The standard InChI is InChI=1S/C17H12F4N2O2S/c1-8-13(15(24)22-7-9-3-2-4-10(18)5-9)16(25)23-11-6-12(17(19,20)21)26-14(8)11/h2-6H,7H2,1H3,(H,22,24)(H,23,25). The third-order valence-electron chi connectivity index (χ3n) is 3.73. The first-order valence-electron chi connectivity index (χ1n) is 7.39. The second kappa shape index (κ2) is 6.56. The van der Waals surface area contributed by atoms with Gasteiger partial charge in [0.1, 0.15) is 16.3 Å². The average Bonchev–Trinajstić information content (AvgIpc) is 2.97. The molecular weight excluding hydrogens is 372 g/mol. The number of aryl methyl sites for hydroxylation is 1. The van der Waals surface area contributed by atoms with E-state index in [1.807, 2.05) is 0 Å². The number of hydrogen-bond donors (Lipinski definition) is 2. The number of nitrogens with zero attached hydrogens (tertiary/aromatic N) is 1. The quantitative estimate of drug-likeness (QED) is 0.658. The molecular formula is C17H12F4N2O2S. The highest BCUT2D eigenvalue weighted by molar-refractivity contribution is 7.19. The van der Waals surface area contributed by atoms with Crippen LogP contribution in [0, 0.1) is 12.7 Å². The summed E-state index contributed by atoms with van der Waals surface area (Å²) in [6.45, 7) is 1.43. The first-order valence-corrected chi connectivity index (χ1v) is 8.21. The molecule has 26 heavy (non-hydrogen) atoms. The van der Waals surface area contributed by atoms with Gasteiger partial charge in [0.25, 0.3) is 5.91 Å². The molecule has 0 aliphatic heterocycles. The smallest absolute Gasteiger partial charge is 0.425 e. The molecule has 0 saturated heterocycles. The van der Waals surface area contributed by atoms with Crippen LogP contribution in [0.15, 0.2) is 30.3 Å². The fourth-order valence-corrected chi connectivity index (χ4v) is 3.48. The van der Waals surface area contributed by atoms with Crippen molar-refractivity contribution in [3.63, 3.8) is 0 Å². The highest BCUT2D eigenvalue weighted by Crippen LogP contribution is 2.40. The number of aromatic nitrogens is 1. The zero-order chi connectivity index (χ0) is 19.1. The molecule has 3 aromatic rings. The number of thiophene rings is 1. The molecule has 0 unspecified atom stereocenters. The van der Waals surface area contributed by atoms with Crippen LogP contribution in [-0.2, 0) is 12.7 Å². The normalized spacial score (nSPS) is 11.7. The lowest BCUT2D eigenvalue weighted by atomic mass is 10.1. The number of fused-ring (bicyclic) bond motifs is 1. The number of rotatable bonds is 3. The summed E-state index contributed by atoms with van der Waals surface area (Å²) >= 11 is 0.459. The fraction of sp³-hybridized carbons (Fsp3) is 0.176. The molecule has 4 nitrogen and oxygen atoms in total. The second-order valence-corrected chi connectivity index (χ2v) is 6.62. The Labute approximate surface area is 149 Å². The topological polar surface area (TPSA) is 62.2 Å². The van der Waals surface area contributed by atoms with E-state index in [0.717, 1.165) is 6.07 Å². The fourth-order valence-electron chi connectivity index (χ4n) is 2.51. The number of halogens is 4. The molecule has 2 aromatic heterocycles. The number of carbonyl (C=O) groups excluding carboxylic acids is 1. The van der Waals surface area contributed by atoms with Crippen LogP contribution in [0.5, 0.6) is 5.88 Å². The summed E-state index contributed by atoms with van der Waals surface area (Å²) in [5, 5.41) is 12.5. The number of alkyl halides is 3. The summed E-state index contributed by atoms with van der Waals surface area (Å²) in [5.74, 6) is -1.82. The zero-order valence-electron chi connectivity index (χ0n) is 13.3. The van der Waals surface area contributed by atoms with Crippen molar-refractivity contribution in [1.29, 1.82) is 0 Å². The molecule has 0 spiro atoms. The second-order valence-electron chi connectivity index (χ2n) is 5.57. The molecule has 0 radical (unpaired) electrons. The van der Waals surface area contributed by atoms with Gasteiger partial charge in [0.2, 0.25) is 5.88 Å². The number of amides is 1. The summed E-state index contributed by atoms with van der Waals surface area (Å²) in [6, 6.07) is 6.42. The van der Waals surface area contributed by atoms with Gasteiger partial charge in [-0.15, -0.1) is 11.3 Å². The Hall–Kier alpha value is -2.68. The summed E-state index contributed by atoms with van der Waals surface area (Å²) in [5.41, 5.74) is 0.466. The van der Waals surface area contributed by atoms with Crippen LogP contribution in [0.1, 0.15) is 26.4 Å². The molecule has 0 aliphatic carbocycles. The first kappa shape index (κ1) is 18.1. The predicted molar refractivity (Wildman–Crippen MR) is 88.6 cm³/mol. The first-order chi connectivity index (χ1) is 12.2. The monoisotopic (exact) mass is 384 g/mol. The van der Waals surface area contributed by atoms with Gasteiger partial charge in [0.15, 0.2) is 0 Å². The van der Waals surface area contributed by atoms with Crippen molar-refractivity contribution >= 4 is 27.5 Å². The van der Waals surface area contributed by atoms with Crippen molar-refractivity contribution < 1.29 is 27.5 Å². The van der Waals surface area contributed by atoms with Crippen molar-refractivity contribution in [3.8, 4) is 5.88 Å². The highest BCUT2D eigenvalue weighted by atomic mass is 32.1. The number of pyridine rings is 1. The molecule has 0 aliphatic rings. The molecule has 2 N–H and O–H groups in total. The van der Waals surface area contributed by atoms with E-state index in [-0.39, 0.29) is 27.9 Å². The predicted octanol–water partition coefficient (Wildman–Crippen LogP) is 4.40. The molecule has 2 heterocycles. The van der Waals surface area contributed by atoms with Gasteiger partial charge in [-0.05, 0) is 36.2 Å². The molecule has 1 amide bonds.